The molecule has 0 radical (unpaired) electrons. The van der Waals surface area contributed by atoms with Gasteiger partial charge in [0.1, 0.15) is 11.8 Å². The summed E-state index contributed by atoms with van der Waals surface area (Å²) in [6.07, 6.45) is 1.43. The normalized spacial score (nSPS) is 24.1. The van der Waals surface area contributed by atoms with Crippen LogP contribution >= 0.6 is 23.4 Å². The number of nitrogens with zero attached hydrogens (tertiary/aromatic N) is 2. The molecule has 1 aromatic heterocycles. The van der Waals surface area contributed by atoms with Crippen molar-refractivity contribution in [1.29, 1.82) is 0 Å². The van der Waals surface area contributed by atoms with Gasteiger partial charge in [0.15, 0.2) is 16.1 Å². The van der Waals surface area contributed by atoms with Gasteiger partial charge >= 0.3 is 0 Å². The molecule has 1 fully saturated rings. The summed E-state index contributed by atoms with van der Waals surface area (Å²) >= 11 is 7.58. The predicted octanol–water partition coefficient (Wildman–Crippen LogP) is 1.53. The number of halogens is 1. The molecule has 1 aromatic rings. The van der Waals surface area contributed by atoms with Crippen molar-refractivity contribution in [3.8, 4) is 0 Å². The fourth-order valence-corrected chi connectivity index (χ4v) is 3.37. The van der Waals surface area contributed by atoms with Crippen molar-refractivity contribution in [1.82, 2.24) is 9.97 Å². The van der Waals surface area contributed by atoms with Gasteiger partial charge in [-0.2, -0.15) is 0 Å². The van der Waals surface area contributed by atoms with E-state index in [1.807, 2.05) is 0 Å². The molecular weight excluding hydrogens is 340 g/mol. The van der Waals surface area contributed by atoms with Crippen molar-refractivity contribution in [3.63, 3.8) is 0 Å². The number of nitrogens with two attached hydrogens (primary N) is 1. The fourth-order valence-electron chi connectivity index (χ4n) is 2.45. The molecule has 5 N–H and O–H groups in total. The second-order valence-corrected chi connectivity index (χ2v) is 6.78. The zero-order valence-corrected chi connectivity index (χ0v) is 14.6. The number of aliphatic hydroxyl groups is 2. The number of nitrogens with one attached hydrogen (secondary N) is 1. The van der Waals surface area contributed by atoms with Gasteiger partial charge in [0.25, 0.3) is 0 Å². The summed E-state index contributed by atoms with van der Waals surface area (Å²) < 4.78 is 5.43. The Bertz CT molecular complexity index is 523. The summed E-state index contributed by atoms with van der Waals surface area (Å²) in [6.45, 7) is 2.23. The van der Waals surface area contributed by atoms with E-state index in [1.165, 1.54) is 11.8 Å². The molecule has 0 spiro atoms. The number of hydrogen-bond donors (Lipinski definition) is 4. The number of anilines is 2. The predicted molar refractivity (Wildman–Crippen MR) is 91.9 cm³/mol. The molecule has 0 unspecified atom stereocenters. The second-order valence-electron chi connectivity index (χ2n) is 5.36. The molecular formula is C14H23ClN4O3S. The van der Waals surface area contributed by atoms with Crippen molar-refractivity contribution in [2.24, 2.45) is 0 Å². The average Bonchev–Trinajstić information content (AvgIpc) is 2.88. The summed E-state index contributed by atoms with van der Waals surface area (Å²) in [5, 5.41) is 23.1. The topological polar surface area (TPSA) is 114 Å². The lowest BCUT2D eigenvalue weighted by atomic mass is 10.2. The summed E-state index contributed by atoms with van der Waals surface area (Å²) in [5.74, 6) is 1.33. The van der Waals surface area contributed by atoms with E-state index in [4.69, 9.17) is 27.2 Å². The van der Waals surface area contributed by atoms with Gasteiger partial charge in [-0.15, -0.1) is 0 Å². The van der Waals surface area contributed by atoms with Gasteiger partial charge in [0.2, 0.25) is 0 Å². The third-order valence-electron chi connectivity index (χ3n) is 3.61. The van der Waals surface area contributed by atoms with Gasteiger partial charge in [-0.25, -0.2) is 9.97 Å². The van der Waals surface area contributed by atoms with Crippen LogP contribution in [0.3, 0.4) is 0 Å². The number of hydrogen-bond acceptors (Lipinski definition) is 8. The Morgan fingerprint density at radius 2 is 2.22 bits per heavy atom. The molecule has 3 atom stereocenters. The minimum Gasteiger partial charge on any atom is -0.394 e. The number of aromatic nitrogens is 2. The van der Waals surface area contributed by atoms with Crippen LogP contribution in [0.2, 0.25) is 5.15 Å². The maximum Gasteiger partial charge on any atom is 0.191 e. The van der Waals surface area contributed by atoms with Gasteiger partial charge < -0.3 is 26.0 Å². The SMILES string of the molecule is CCCSc1nc(Cl)c(N)c(N[C@H]2CC[C@@H](OCCO)[C@@H]2O)n1. The highest BCUT2D eigenvalue weighted by Crippen LogP contribution is 2.31. The molecule has 23 heavy (non-hydrogen) atoms. The fraction of sp³-hybridized carbons (Fsp3) is 0.714. The van der Waals surface area contributed by atoms with E-state index in [1.54, 1.807) is 0 Å². The smallest absolute Gasteiger partial charge is 0.191 e. The molecule has 9 heteroatoms. The van der Waals surface area contributed by atoms with Crippen molar-refractivity contribution >= 4 is 34.9 Å². The molecule has 2 rings (SSSR count). The van der Waals surface area contributed by atoms with Gasteiger partial charge in [-0.05, 0) is 19.3 Å². The number of thioether (sulfide) groups is 1. The number of rotatable bonds is 8. The van der Waals surface area contributed by atoms with Crippen LogP contribution in [0.1, 0.15) is 26.2 Å². The van der Waals surface area contributed by atoms with Crippen LogP contribution in [0.5, 0.6) is 0 Å². The van der Waals surface area contributed by atoms with E-state index in [9.17, 15) is 5.11 Å². The molecule has 1 aliphatic rings. The van der Waals surface area contributed by atoms with E-state index in [2.05, 4.69) is 22.2 Å². The first kappa shape index (κ1) is 18.5. The molecule has 0 saturated heterocycles. The Morgan fingerprint density at radius 1 is 1.43 bits per heavy atom. The largest absolute Gasteiger partial charge is 0.394 e. The number of aliphatic hydroxyl groups excluding tert-OH is 2. The highest BCUT2D eigenvalue weighted by Gasteiger charge is 2.36. The van der Waals surface area contributed by atoms with E-state index in [-0.39, 0.29) is 36.2 Å². The lowest BCUT2D eigenvalue weighted by molar-refractivity contribution is -0.0324. The Kier molecular flexibility index (Phi) is 7.16. The molecule has 0 aliphatic heterocycles. The first-order chi connectivity index (χ1) is 11.1. The summed E-state index contributed by atoms with van der Waals surface area (Å²) in [6, 6.07) is -0.226. The van der Waals surface area contributed by atoms with Gasteiger partial charge in [0, 0.05) is 5.75 Å². The van der Waals surface area contributed by atoms with Crippen LogP contribution in [-0.2, 0) is 4.74 Å². The molecule has 0 bridgehead atoms. The van der Waals surface area contributed by atoms with Gasteiger partial charge in [-0.1, -0.05) is 30.3 Å². The standard InChI is InChI=1S/C14H23ClN4O3S/c1-2-7-23-14-18-12(15)10(16)13(19-14)17-8-3-4-9(11(8)21)22-6-5-20/h8-9,11,20-21H,2-7,16H2,1H3,(H,17,18,19)/t8-,9+,11+/m0/s1. The Balaban J connectivity index is 2.06. The van der Waals surface area contributed by atoms with Crippen LogP contribution in [0, 0.1) is 0 Å². The summed E-state index contributed by atoms with van der Waals surface area (Å²) in [5.41, 5.74) is 6.22. The highest BCUT2D eigenvalue weighted by atomic mass is 35.5. The lowest BCUT2D eigenvalue weighted by Gasteiger charge is -2.22. The molecule has 7 nitrogen and oxygen atoms in total. The van der Waals surface area contributed by atoms with Gasteiger partial charge in [-0.3, -0.25) is 0 Å². The quantitative estimate of drug-likeness (QED) is 0.313. The molecule has 1 aliphatic carbocycles. The van der Waals surface area contributed by atoms with Crippen molar-refractivity contribution < 1.29 is 14.9 Å². The average molecular weight is 363 g/mol. The van der Waals surface area contributed by atoms with Crippen LogP contribution in [0.15, 0.2) is 5.16 Å². The third-order valence-corrected chi connectivity index (χ3v) is 4.96. The second kappa shape index (κ2) is 8.89. The summed E-state index contributed by atoms with van der Waals surface area (Å²) in [4.78, 5) is 8.55. The number of ether oxygens (including phenoxy) is 1. The van der Waals surface area contributed by atoms with E-state index in [0.29, 0.717) is 17.4 Å². The monoisotopic (exact) mass is 362 g/mol. The minimum atomic E-state index is -0.693. The Labute approximate surface area is 145 Å². The van der Waals surface area contributed by atoms with Gasteiger partial charge in [0.05, 0.1) is 25.4 Å². The first-order valence-electron chi connectivity index (χ1n) is 7.69. The maximum absolute atomic E-state index is 10.3. The van der Waals surface area contributed by atoms with Crippen molar-refractivity contribution in [2.45, 2.75) is 49.6 Å². The van der Waals surface area contributed by atoms with Crippen LogP contribution in [0.25, 0.3) is 0 Å². The molecule has 1 saturated carbocycles. The minimum absolute atomic E-state index is 0.0617. The molecule has 1 heterocycles. The molecule has 130 valence electrons. The Hall–Kier alpha value is -0.800. The van der Waals surface area contributed by atoms with Crippen LogP contribution in [0.4, 0.5) is 11.5 Å². The zero-order valence-electron chi connectivity index (χ0n) is 13.0. The lowest BCUT2D eigenvalue weighted by Crippen LogP contribution is -2.36. The maximum atomic E-state index is 10.3. The van der Waals surface area contributed by atoms with Crippen molar-refractivity contribution in [3.05, 3.63) is 5.15 Å². The Morgan fingerprint density at radius 3 is 2.91 bits per heavy atom. The van der Waals surface area contributed by atoms with E-state index in [0.717, 1.165) is 18.6 Å². The number of nitrogen functional groups attached to an aromatic ring is 1. The highest BCUT2D eigenvalue weighted by molar-refractivity contribution is 7.99. The first-order valence-corrected chi connectivity index (χ1v) is 9.06. The zero-order chi connectivity index (χ0) is 16.8. The third kappa shape index (κ3) is 4.84. The van der Waals surface area contributed by atoms with E-state index < -0.39 is 6.10 Å². The van der Waals surface area contributed by atoms with Crippen molar-refractivity contribution in [2.75, 3.05) is 30.0 Å². The molecule has 0 aromatic carbocycles. The summed E-state index contributed by atoms with van der Waals surface area (Å²) in [7, 11) is 0. The van der Waals surface area contributed by atoms with Crippen LogP contribution < -0.4 is 11.1 Å². The van der Waals surface area contributed by atoms with Crippen LogP contribution in [-0.4, -0.2) is 57.4 Å². The van der Waals surface area contributed by atoms with E-state index >= 15 is 0 Å². The molecule has 0 amide bonds.